The van der Waals surface area contributed by atoms with E-state index < -0.39 is 5.82 Å². The van der Waals surface area contributed by atoms with Crippen LogP contribution in [0.25, 0.3) is 0 Å². The van der Waals surface area contributed by atoms with Gasteiger partial charge in [-0.25, -0.2) is 4.39 Å². The zero-order chi connectivity index (χ0) is 13.5. The SMILES string of the molecule is CCOC(=O)CN(C)Cc1ccc(F)c(C#N)c1. The summed E-state index contributed by atoms with van der Waals surface area (Å²) in [6.07, 6.45) is 0. The zero-order valence-corrected chi connectivity index (χ0v) is 10.4. The Balaban J connectivity index is 2.62. The standard InChI is InChI=1S/C13H15FN2O2/c1-3-18-13(17)9-16(2)8-10-4-5-12(14)11(6-10)7-15/h4-6H,3,8-9H2,1-2H3. The van der Waals surface area contributed by atoms with Gasteiger partial charge in [-0.1, -0.05) is 6.07 Å². The van der Waals surface area contributed by atoms with Crippen molar-refractivity contribution in [1.82, 2.24) is 4.90 Å². The first kappa shape index (κ1) is 14.1. The van der Waals surface area contributed by atoms with Gasteiger partial charge in [0.05, 0.1) is 18.7 Å². The van der Waals surface area contributed by atoms with Crippen LogP contribution in [0.4, 0.5) is 4.39 Å². The third-order valence-electron chi connectivity index (χ3n) is 2.31. The minimum absolute atomic E-state index is 0.0111. The molecule has 0 fully saturated rings. The van der Waals surface area contributed by atoms with Gasteiger partial charge in [-0.2, -0.15) is 5.26 Å². The molecule has 5 heteroatoms. The highest BCUT2D eigenvalue weighted by Crippen LogP contribution is 2.11. The third-order valence-corrected chi connectivity index (χ3v) is 2.31. The van der Waals surface area contributed by atoms with Crippen LogP contribution in [-0.2, 0) is 16.1 Å². The normalized spacial score (nSPS) is 10.2. The lowest BCUT2D eigenvalue weighted by atomic mass is 10.1. The van der Waals surface area contributed by atoms with Crippen LogP contribution in [0.5, 0.6) is 0 Å². The second-order valence-corrected chi connectivity index (χ2v) is 3.90. The van der Waals surface area contributed by atoms with Crippen LogP contribution in [0.15, 0.2) is 18.2 Å². The van der Waals surface area contributed by atoms with Crippen molar-refractivity contribution < 1.29 is 13.9 Å². The maximum atomic E-state index is 13.1. The van der Waals surface area contributed by atoms with E-state index in [1.807, 2.05) is 0 Å². The van der Waals surface area contributed by atoms with Crippen LogP contribution >= 0.6 is 0 Å². The molecule has 0 saturated heterocycles. The Morgan fingerprint density at radius 1 is 1.56 bits per heavy atom. The van der Waals surface area contributed by atoms with Gasteiger partial charge in [-0.3, -0.25) is 9.69 Å². The summed E-state index contributed by atoms with van der Waals surface area (Å²) in [7, 11) is 1.76. The Morgan fingerprint density at radius 3 is 2.89 bits per heavy atom. The molecule has 18 heavy (non-hydrogen) atoms. The Kier molecular flexibility index (Phi) is 5.28. The lowest BCUT2D eigenvalue weighted by Gasteiger charge is -2.15. The second-order valence-electron chi connectivity index (χ2n) is 3.90. The summed E-state index contributed by atoms with van der Waals surface area (Å²) in [5, 5.41) is 8.71. The molecule has 96 valence electrons. The van der Waals surface area contributed by atoms with E-state index in [9.17, 15) is 9.18 Å². The van der Waals surface area contributed by atoms with Crippen molar-refractivity contribution >= 4 is 5.97 Å². The van der Waals surface area contributed by atoms with E-state index in [-0.39, 0.29) is 18.1 Å². The largest absolute Gasteiger partial charge is 0.465 e. The zero-order valence-electron chi connectivity index (χ0n) is 10.4. The van der Waals surface area contributed by atoms with Gasteiger partial charge in [0.2, 0.25) is 0 Å². The van der Waals surface area contributed by atoms with E-state index in [1.165, 1.54) is 12.1 Å². The number of halogens is 1. The summed E-state index contributed by atoms with van der Waals surface area (Å²) >= 11 is 0. The first-order chi connectivity index (χ1) is 8.56. The topological polar surface area (TPSA) is 53.3 Å². The molecular formula is C13H15FN2O2. The molecule has 0 saturated carbocycles. The Morgan fingerprint density at radius 2 is 2.28 bits per heavy atom. The molecule has 0 amide bonds. The molecule has 0 radical (unpaired) electrons. The number of benzene rings is 1. The van der Waals surface area contributed by atoms with Crippen molar-refractivity contribution in [1.29, 1.82) is 5.26 Å². The van der Waals surface area contributed by atoms with Crippen molar-refractivity contribution in [3.05, 3.63) is 35.1 Å². The lowest BCUT2D eigenvalue weighted by molar-refractivity contribution is -0.144. The summed E-state index contributed by atoms with van der Waals surface area (Å²) in [4.78, 5) is 13.0. The van der Waals surface area contributed by atoms with Gasteiger partial charge < -0.3 is 4.74 Å². The predicted molar refractivity (Wildman–Crippen MR) is 64.1 cm³/mol. The van der Waals surface area contributed by atoms with Crippen LogP contribution < -0.4 is 0 Å². The van der Waals surface area contributed by atoms with E-state index in [4.69, 9.17) is 10.00 Å². The van der Waals surface area contributed by atoms with E-state index in [0.717, 1.165) is 5.56 Å². The second kappa shape index (κ2) is 6.72. The van der Waals surface area contributed by atoms with Crippen molar-refractivity contribution in [2.75, 3.05) is 20.2 Å². The highest BCUT2D eigenvalue weighted by Gasteiger charge is 2.09. The first-order valence-corrected chi connectivity index (χ1v) is 5.59. The monoisotopic (exact) mass is 250 g/mol. The fourth-order valence-corrected chi connectivity index (χ4v) is 1.55. The predicted octanol–water partition coefficient (Wildman–Crippen LogP) is 1.69. The van der Waals surface area contributed by atoms with Crippen LogP contribution in [0.2, 0.25) is 0 Å². The average molecular weight is 250 g/mol. The molecular weight excluding hydrogens is 235 g/mol. The van der Waals surface area contributed by atoms with Crippen LogP contribution in [-0.4, -0.2) is 31.1 Å². The highest BCUT2D eigenvalue weighted by atomic mass is 19.1. The number of nitriles is 1. The number of hydrogen-bond donors (Lipinski definition) is 0. The summed E-state index contributed by atoms with van der Waals surface area (Å²) in [5.74, 6) is -0.836. The fraction of sp³-hybridized carbons (Fsp3) is 0.385. The van der Waals surface area contributed by atoms with Crippen molar-refractivity contribution in [2.24, 2.45) is 0 Å². The number of carbonyl (C=O) groups excluding carboxylic acids is 1. The number of nitrogens with zero attached hydrogens (tertiary/aromatic N) is 2. The van der Waals surface area contributed by atoms with Gasteiger partial charge >= 0.3 is 5.97 Å². The summed E-state index contributed by atoms with van der Waals surface area (Å²) in [6, 6.07) is 6.12. The number of ether oxygens (including phenoxy) is 1. The third kappa shape index (κ3) is 4.15. The lowest BCUT2D eigenvalue weighted by Crippen LogP contribution is -2.27. The first-order valence-electron chi connectivity index (χ1n) is 5.59. The molecule has 0 atom stereocenters. The van der Waals surface area contributed by atoms with Crippen LogP contribution in [0.1, 0.15) is 18.1 Å². The van der Waals surface area contributed by atoms with Gasteiger partial charge in [0.1, 0.15) is 11.9 Å². The van der Waals surface area contributed by atoms with E-state index >= 15 is 0 Å². The molecule has 0 heterocycles. The van der Waals surface area contributed by atoms with Crippen molar-refractivity contribution in [3.8, 4) is 6.07 Å². The number of hydrogen-bond acceptors (Lipinski definition) is 4. The molecule has 0 aromatic heterocycles. The molecule has 0 aliphatic rings. The molecule has 1 aromatic rings. The van der Waals surface area contributed by atoms with Gasteiger partial charge in [0, 0.05) is 6.54 Å². The van der Waals surface area contributed by atoms with E-state index in [2.05, 4.69) is 0 Å². The molecule has 4 nitrogen and oxygen atoms in total. The number of rotatable bonds is 5. The Labute approximate surface area is 106 Å². The molecule has 0 unspecified atom stereocenters. The van der Waals surface area contributed by atoms with E-state index in [1.54, 1.807) is 31.0 Å². The maximum absolute atomic E-state index is 13.1. The van der Waals surface area contributed by atoms with Gasteiger partial charge in [-0.05, 0) is 31.7 Å². The van der Waals surface area contributed by atoms with Crippen LogP contribution in [0, 0.1) is 17.1 Å². The summed E-state index contributed by atoms with van der Waals surface area (Å²) in [5.41, 5.74) is 0.789. The quantitative estimate of drug-likeness (QED) is 0.746. The van der Waals surface area contributed by atoms with Gasteiger partial charge in [-0.15, -0.1) is 0 Å². The molecule has 1 rings (SSSR count). The number of carbonyl (C=O) groups is 1. The number of likely N-dealkylation sites (N-methyl/N-ethyl adjacent to an activating group) is 1. The summed E-state index contributed by atoms with van der Waals surface area (Å²) in [6.45, 7) is 2.71. The van der Waals surface area contributed by atoms with Gasteiger partial charge in [0.15, 0.2) is 0 Å². The molecule has 0 bridgehead atoms. The fourth-order valence-electron chi connectivity index (χ4n) is 1.55. The maximum Gasteiger partial charge on any atom is 0.320 e. The molecule has 0 N–H and O–H groups in total. The van der Waals surface area contributed by atoms with Crippen molar-refractivity contribution in [3.63, 3.8) is 0 Å². The molecule has 0 spiro atoms. The molecule has 0 aliphatic heterocycles. The van der Waals surface area contributed by atoms with Crippen molar-refractivity contribution in [2.45, 2.75) is 13.5 Å². The highest BCUT2D eigenvalue weighted by molar-refractivity contribution is 5.71. The van der Waals surface area contributed by atoms with Gasteiger partial charge in [0.25, 0.3) is 0 Å². The smallest absolute Gasteiger partial charge is 0.320 e. The minimum Gasteiger partial charge on any atom is -0.465 e. The molecule has 0 aliphatic carbocycles. The van der Waals surface area contributed by atoms with Crippen LogP contribution in [0.3, 0.4) is 0 Å². The minimum atomic E-state index is -0.533. The van der Waals surface area contributed by atoms with E-state index in [0.29, 0.717) is 13.2 Å². The number of esters is 1. The Bertz CT molecular complexity index is 469. The summed E-state index contributed by atoms with van der Waals surface area (Å²) < 4.78 is 17.9. The molecule has 1 aromatic carbocycles. The average Bonchev–Trinajstić information content (AvgIpc) is 2.31. The Hall–Kier alpha value is -1.93.